The van der Waals surface area contributed by atoms with E-state index in [0.29, 0.717) is 19.1 Å². The summed E-state index contributed by atoms with van der Waals surface area (Å²) in [7, 11) is 0. The maximum atomic E-state index is 13.0. The SMILES string of the molecule is NC(N)=NCCC[C@H](NC1CCCCC1)C(=O)NCc1ccc(CNCCCNC2CCCCC2)cc1. The quantitative estimate of drug-likeness (QED) is 0.114. The molecule has 0 heterocycles. The summed E-state index contributed by atoms with van der Waals surface area (Å²) in [5.74, 6) is 0.161. The zero-order valence-corrected chi connectivity index (χ0v) is 22.8. The van der Waals surface area contributed by atoms with Crippen LogP contribution >= 0.6 is 0 Å². The summed E-state index contributed by atoms with van der Waals surface area (Å²) in [6.45, 7) is 4.08. The number of nitrogens with zero attached hydrogens (tertiary/aromatic N) is 1. The maximum absolute atomic E-state index is 13.0. The topological polar surface area (TPSA) is 130 Å². The lowest BCUT2D eigenvalue weighted by molar-refractivity contribution is -0.123. The van der Waals surface area contributed by atoms with E-state index in [2.05, 4.69) is 50.5 Å². The van der Waals surface area contributed by atoms with Crippen molar-refractivity contribution in [3.05, 3.63) is 35.4 Å². The van der Waals surface area contributed by atoms with Crippen LogP contribution in [-0.4, -0.2) is 49.6 Å². The smallest absolute Gasteiger partial charge is 0.237 e. The average Bonchev–Trinajstić information content (AvgIpc) is 2.92. The van der Waals surface area contributed by atoms with Crippen LogP contribution in [-0.2, 0) is 17.9 Å². The van der Waals surface area contributed by atoms with Crippen molar-refractivity contribution in [3.63, 3.8) is 0 Å². The molecule has 2 aliphatic carbocycles. The molecule has 0 aliphatic heterocycles. The van der Waals surface area contributed by atoms with Crippen LogP contribution in [0.2, 0.25) is 0 Å². The molecule has 0 spiro atoms. The molecule has 8 heteroatoms. The zero-order valence-electron chi connectivity index (χ0n) is 22.8. The first-order valence-electron chi connectivity index (χ1n) is 14.7. The Kier molecular flexibility index (Phi) is 13.8. The van der Waals surface area contributed by atoms with E-state index in [1.54, 1.807) is 0 Å². The highest BCUT2D eigenvalue weighted by molar-refractivity contribution is 5.81. The summed E-state index contributed by atoms with van der Waals surface area (Å²) in [4.78, 5) is 17.1. The van der Waals surface area contributed by atoms with Gasteiger partial charge in [0.2, 0.25) is 5.91 Å². The number of guanidine groups is 1. The average molecular weight is 514 g/mol. The molecule has 3 rings (SSSR count). The highest BCUT2D eigenvalue weighted by Crippen LogP contribution is 2.19. The summed E-state index contributed by atoms with van der Waals surface area (Å²) in [5, 5.41) is 14.0. The second-order valence-corrected chi connectivity index (χ2v) is 10.9. The molecule has 2 aliphatic rings. The van der Waals surface area contributed by atoms with Crippen molar-refractivity contribution in [2.45, 2.75) is 115 Å². The van der Waals surface area contributed by atoms with E-state index in [4.69, 9.17) is 11.5 Å². The molecule has 208 valence electrons. The van der Waals surface area contributed by atoms with E-state index in [-0.39, 0.29) is 17.9 Å². The molecule has 0 unspecified atom stereocenters. The summed E-state index contributed by atoms with van der Waals surface area (Å²) in [5.41, 5.74) is 13.3. The van der Waals surface area contributed by atoms with Gasteiger partial charge in [-0.3, -0.25) is 9.79 Å². The number of hydrogen-bond acceptors (Lipinski definition) is 5. The minimum absolute atomic E-state index is 0.0582. The molecular formula is C29H51N7O. The number of aliphatic imine (C=N–C) groups is 1. The summed E-state index contributed by atoms with van der Waals surface area (Å²) in [6.07, 6.45) is 15.6. The number of nitrogens with two attached hydrogens (primary N) is 2. The molecular weight excluding hydrogens is 462 g/mol. The zero-order chi connectivity index (χ0) is 26.1. The lowest BCUT2D eigenvalue weighted by Gasteiger charge is -2.28. The van der Waals surface area contributed by atoms with Gasteiger partial charge >= 0.3 is 0 Å². The highest BCUT2D eigenvalue weighted by Gasteiger charge is 2.23. The standard InChI is InChI=1S/C29H51N7O/c30-29(31)34-19-7-13-27(36-26-11-5-2-6-12-26)28(37)35-22-24-16-14-23(15-17-24)21-32-18-8-20-33-25-9-3-1-4-10-25/h14-17,25-27,32-33,36H,1-13,18-22H2,(H,35,37)(H4,30,31,34)/t27-/m0/s1. The monoisotopic (exact) mass is 513 g/mol. The van der Waals surface area contributed by atoms with E-state index in [9.17, 15) is 4.79 Å². The van der Waals surface area contributed by atoms with Crippen LogP contribution in [0.1, 0.15) is 94.6 Å². The fourth-order valence-electron chi connectivity index (χ4n) is 5.49. The van der Waals surface area contributed by atoms with Gasteiger partial charge in [0.1, 0.15) is 0 Å². The van der Waals surface area contributed by atoms with Gasteiger partial charge in [-0.05, 0) is 69.2 Å². The minimum atomic E-state index is -0.214. The number of benzene rings is 1. The van der Waals surface area contributed by atoms with Gasteiger partial charge < -0.3 is 32.7 Å². The van der Waals surface area contributed by atoms with Crippen molar-refractivity contribution in [2.75, 3.05) is 19.6 Å². The molecule has 8 nitrogen and oxygen atoms in total. The third kappa shape index (κ3) is 12.3. The van der Waals surface area contributed by atoms with E-state index >= 15 is 0 Å². The lowest BCUT2D eigenvalue weighted by atomic mass is 9.94. The van der Waals surface area contributed by atoms with Gasteiger partial charge in [0.25, 0.3) is 0 Å². The van der Waals surface area contributed by atoms with Gasteiger partial charge in [0.05, 0.1) is 6.04 Å². The molecule has 0 saturated heterocycles. The number of hydrogen-bond donors (Lipinski definition) is 6. The van der Waals surface area contributed by atoms with Crippen LogP contribution in [0.25, 0.3) is 0 Å². The van der Waals surface area contributed by atoms with Crippen molar-refractivity contribution in [3.8, 4) is 0 Å². The molecule has 2 saturated carbocycles. The molecule has 0 radical (unpaired) electrons. The molecule has 1 aromatic rings. The molecule has 1 aromatic carbocycles. The first-order chi connectivity index (χ1) is 18.1. The molecule has 1 atom stereocenters. The molecule has 37 heavy (non-hydrogen) atoms. The van der Waals surface area contributed by atoms with Crippen molar-refractivity contribution in [1.82, 2.24) is 21.3 Å². The number of rotatable bonds is 16. The molecule has 0 bridgehead atoms. The Hall–Kier alpha value is -2.16. The number of nitrogens with one attached hydrogen (secondary N) is 4. The van der Waals surface area contributed by atoms with Crippen molar-refractivity contribution >= 4 is 11.9 Å². The predicted molar refractivity (Wildman–Crippen MR) is 153 cm³/mol. The largest absolute Gasteiger partial charge is 0.370 e. The van der Waals surface area contributed by atoms with Gasteiger partial charge in [-0.15, -0.1) is 0 Å². The van der Waals surface area contributed by atoms with Gasteiger partial charge in [-0.2, -0.15) is 0 Å². The third-order valence-corrected chi connectivity index (χ3v) is 7.69. The van der Waals surface area contributed by atoms with Crippen LogP contribution in [0.15, 0.2) is 29.3 Å². The van der Waals surface area contributed by atoms with Crippen molar-refractivity contribution in [2.24, 2.45) is 16.5 Å². The second kappa shape index (κ2) is 17.4. The number of carbonyl (C=O) groups is 1. The summed E-state index contributed by atoms with van der Waals surface area (Å²) in [6, 6.07) is 9.48. The normalized spacial score (nSPS) is 17.8. The Labute approximate surface area is 224 Å². The Morgan fingerprint density at radius 2 is 1.46 bits per heavy atom. The summed E-state index contributed by atoms with van der Waals surface area (Å²) >= 11 is 0. The Morgan fingerprint density at radius 3 is 2.11 bits per heavy atom. The highest BCUT2D eigenvalue weighted by atomic mass is 16.2. The van der Waals surface area contributed by atoms with E-state index in [1.165, 1.54) is 56.9 Å². The third-order valence-electron chi connectivity index (χ3n) is 7.69. The van der Waals surface area contributed by atoms with Crippen LogP contribution in [0.5, 0.6) is 0 Å². The first-order valence-corrected chi connectivity index (χ1v) is 14.7. The number of carbonyl (C=O) groups excluding carboxylic acids is 1. The fourth-order valence-corrected chi connectivity index (χ4v) is 5.49. The number of amides is 1. The molecule has 2 fully saturated rings. The van der Waals surface area contributed by atoms with Crippen LogP contribution in [0.3, 0.4) is 0 Å². The lowest BCUT2D eigenvalue weighted by Crippen LogP contribution is -2.48. The fraction of sp³-hybridized carbons (Fsp3) is 0.724. The van der Waals surface area contributed by atoms with Crippen molar-refractivity contribution < 1.29 is 4.79 Å². The Morgan fingerprint density at radius 1 is 0.838 bits per heavy atom. The van der Waals surface area contributed by atoms with Crippen LogP contribution in [0.4, 0.5) is 0 Å². The second-order valence-electron chi connectivity index (χ2n) is 10.9. The van der Waals surface area contributed by atoms with Gasteiger partial charge in [-0.1, -0.05) is 62.8 Å². The van der Waals surface area contributed by atoms with Crippen LogP contribution in [0, 0.1) is 0 Å². The van der Waals surface area contributed by atoms with Crippen LogP contribution < -0.4 is 32.7 Å². The predicted octanol–water partition coefficient (Wildman–Crippen LogP) is 3.05. The molecule has 8 N–H and O–H groups in total. The van der Waals surface area contributed by atoms with E-state index in [1.807, 2.05) is 0 Å². The maximum Gasteiger partial charge on any atom is 0.237 e. The Balaban J connectivity index is 1.34. The molecule has 1 amide bonds. The van der Waals surface area contributed by atoms with Gasteiger partial charge in [0, 0.05) is 31.7 Å². The van der Waals surface area contributed by atoms with E-state index in [0.717, 1.165) is 63.3 Å². The van der Waals surface area contributed by atoms with Gasteiger partial charge in [-0.25, -0.2) is 0 Å². The molecule has 0 aromatic heterocycles. The first kappa shape index (κ1) is 29.4. The Bertz CT molecular complexity index is 782. The van der Waals surface area contributed by atoms with Crippen molar-refractivity contribution in [1.29, 1.82) is 0 Å². The summed E-state index contributed by atoms with van der Waals surface area (Å²) < 4.78 is 0. The van der Waals surface area contributed by atoms with E-state index < -0.39 is 0 Å². The minimum Gasteiger partial charge on any atom is -0.370 e. The van der Waals surface area contributed by atoms with Gasteiger partial charge in [0.15, 0.2) is 5.96 Å².